The van der Waals surface area contributed by atoms with E-state index in [-0.39, 0.29) is 24.1 Å². The van der Waals surface area contributed by atoms with E-state index < -0.39 is 30.6 Å². The first-order valence-electron chi connectivity index (χ1n) is 5.68. The van der Waals surface area contributed by atoms with Crippen molar-refractivity contribution in [3.05, 3.63) is 34.9 Å². The minimum Gasteiger partial charge on any atom is -0.392 e. The molecule has 0 aliphatic carbocycles. The van der Waals surface area contributed by atoms with Gasteiger partial charge in [0.2, 0.25) is 0 Å². The van der Waals surface area contributed by atoms with E-state index >= 15 is 0 Å². The van der Waals surface area contributed by atoms with Crippen molar-refractivity contribution >= 4 is 0 Å². The van der Waals surface area contributed by atoms with Gasteiger partial charge >= 0.3 is 6.18 Å². The minimum absolute atomic E-state index is 0.0662. The summed E-state index contributed by atoms with van der Waals surface area (Å²) >= 11 is 0. The Kier molecular flexibility index (Phi) is 5.30. The number of alkyl halides is 3. The van der Waals surface area contributed by atoms with Crippen LogP contribution in [0.1, 0.15) is 29.2 Å². The summed E-state index contributed by atoms with van der Waals surface area (Å²) in [5.74, 6) is 0. The SMILES string of the molecule is NCCC(O)C(O)c1ccc(C(F)(F)F)cc1CO. The molecular formula is C12H16F3NO3. The third kappa shape index (κ3) is 3.90. The molecule has 0 radical (unpaired) electrons. The van der Waals surface area contributed by atoms with Gasteiger partial charge in [-0.1, -0.05) is 6.07 Å². The molecule has 108 valence electrons. The molecule has 7 heteroatoms. The van der Waals surface area contributed by atoms with Crippen LogP contribution < -0.4 is 5.73 Å². The van der Waals surface area contributed by atoms with Crippen LogP contribution in [0.15, 0.2) is 18.2 Å². The van der Waals surface area contributed by atoms with Gasteiger partial charge in [0.15, 0.2) is 0 Å². The summed E-state index contributed by atoms with van der Waals surface area (Å²) in [5.41, 5.74) is 4.31. The van der Waals surface area contributed by atoms with Crippen LogP contribution in [-0.4, -0.2) is 28.0 Å². The second-order valence-electron chi connectivity index (χ2n) is 4.16. The number of hydrogen-bond acceptors (Lipinski definition) is 4. The standard InChI is InChI=1S/C12H16F3NO3/c13-12(14,15)8-1-2-9(7(5-8)6-17)11(19)10(18)3-4-16/h1-2,5,10-11,17-19H,3-4,6,16H2. The van der Waals surface area contributed by atoms with Gasteiger partial charge in [-0.2, -0.15) is 13.2 Å². The number of rotatable bonds is 5. The molecule has 0 saturated heterocycles. The lowest BCUT2D eigenvalue weighted by atomic mass is 9.95. The average Bonchev–Trinajstić information content (AvgIpc) is 2.36. The molecule has 0 spiro atoms. The molecule has 1 rings (SSSR count). The van der Waals surface area contributed by atoms with Crippen molar-refractivity contribution in [1.29, 1.82) is 0 Å². The van der Waals surface area contributed by atoms with Crippen molar-refractivity contribution in [3.8, 4) is 0 Å². The monoisotopic (exact) mass is 279 g/mol. The Bertz CT molecular complexity index is 423. The fourth-order valence-corrected chi connectivity index (χ4v) is 1.74. The second kappa shape index (κ2) is 6.33. The topological polar surface area (TPSA) is 86.7 Å². The largest absolute Gasteiger partial charge is 0.416 e. The first kappa shape index (κ1) is 15.9. The van der Waals surface area contributed by atoms with Crippen LogP contribution >= 0.6 is 0 Å². The van der Waals surface area contributed by atoms with Crippen molar-refractivity contribution in [2.45, 2.75) is 31.4 Å². The molecule has 0 heterocycles. The molecule has 19 heavy (non-hydrogen) atoms. The number of aliphatic hydroxyl groups is 3. The van der Waals surface area contributed by atoms with Crippen molar-refractivity contribution in [2.75, 3.05) is 6.54 Å². The van der Waals surface area contributed by atoms with E-state index in [2.05, 4.69) is 0 Å². The highest BCUT2D eigenvalue weighted by atomic mass is 19.4. The zero-order chi connectivity index (χ0) is 14.6. The van der Waals surface area contributed by atoms with Crippen molar-refractivity contribution in [1.82, 2.24) is 0 Å². The summed E-state index contributed by atoms with van der Waals surface area (Å²) in [6.07, 6.45) is -6.99. The van der Waals surface area contributed by atoms with Gasteiger partial charge in [0.05, 0.1) is 18.3 Å². The molecule has 0 aliphatic rings. The molecular weight excluding hydrogens is 263 g/mol. The van der Waals surface area contributed by atoms with Gasteiger partial charge in [0.25, 0.3) is 0 Å². The van der Waals surface area contributed by atoms with E-state index in [9.17, 15) is 23.4 Å². The van der Waals surface area contributed by atoms with Crippen LogP contribution in [0.4, 0.5) is 13.2 Å². The molecule has 2 unspecified atom stereocenters. The summed E-state index contributed by atoms with van der Waals surface area (Å²) < 4.78 is 37.5. The lowest BCUT2D eigenvalue weighted by molar-refractivity contribution is -0.137. The highest BCUT2D eigenvalue weighted by Crippen LogP contribution is 2.32. The molecule has 0 saturated carbocycles. The Labute approximate surface area is 108 Å². The smallest absolute Gasteiger partial charge is 0.392 e. The van der Waals surface area contributed by atoms with E-state index in [0.717, 1.165) is 18.2 Å². The maximum absolute atomic E-state index is 12.5. The molecule has 0 amide bonds. The number of halogens is 3. The summed E-state index contributed by atoms with van der Waals surface area (Å²) in [6, 6.07) is 2.61. The third-order valence-electron chi connectivity index (χ3n) is 2.79. The molecule has 0 aromatic heterocycles. The first-order chi connectivity index (χ1) is 8.81. The van der Waals surface area contributed by atoms with Gasteiger partial charge in [-0.3, -0.25) is 0 Å². The molecule has 1 aromatic carbocycles. The number of aliphatic hydroxyl groups excluding tert-OH is 3. The maximum Gasteiger partial charge on any atom is 0.416 e. The highest BCUT2D eigenvalue weighted by molar-refractivity contribution is 5.35. The Morgan fingerprint density at radius 2 is 1.84 bits per heavy atom. The minimum atomic E-state index is -4.52. The molecule has 0 fully saturated rings. The zero-order valence-corrected chi connectivity index (χ0v) is 10.1. The number of nitrogens with two attached hydrogens (primary N) is 1. The van der Waals surface area contributed by atoms with E-state index in [4.69, 9.17) is 10.8 Å². The average molecular weight is 279 g/mol. The van der Waals surface area contributed by atoms with Crippen LogP contribution in [0, 0.1) is 0 Å². The van der Waals surface area contributed by atoms with Crippen LogP contribution in [0.5, 0.6) is 0 Å². The van der Waals surface area contributed by atoms with E-state index in [0.29, 0.717) is 0 Å². The second-order valence-corrected chi connectivity index (χ2v) is 4.16. The fourth-order valence-electron chi connectivity index (χ4n) is 1.74. The van der Waals surface area contributed by atoms with Crippen molar-refractivity contribution in [2.24, 2.45) is 5.73 Å². The molecule has 2 atom stereocenters. The normalized spacial score (nSPS) is 15.3. The van der Waals surface area contributed by atoms with Gasteiger partial charge in [-0.25, -0.2) is 0 Å². The first-order valence-corrected chi connectivity index (χ1v) is 5.68. The predicted molar refractivity (Wildman–Crippen MR) is 62.0 cm³/mol. The van der Waals surface area contributed by atoms with E-state index in [1.807, 2.05) is 0 Å². The van der Waals surface area contributed by atoms with Crippen LogP contribution in [0.25, 0.3) is 0 Å². The lowest BCUT2D eigenvalue weighted by Crippen LogP contribution is -2.23. The summed E-state index contributed by atoms with van der Waals surface area (Å²) in [6.45, 7) is -0.529. The van der Waals surface area contributed by atoms with Crippen molar-refractivity contribution in [3.63, 3.8) is 0 Å². The number of hydrogen-bond donors (Lipinski definition) is 4. The summed E-state index contributed by atoms with van der Waals surface area (Å²) in [5, 5.41) is 28.5. The van der Waals surface area contributed by atoms with E-state index in [1.54, 1.807) is 0 Å². The third-order valence-corrected chi connectivity index (χ3v) is 2.79. The van der Waals surface area contributed by atoms with Gasteiger partial charge in [0, 0.05) is 0 Å². The lowest BCUT2D eigenvalue weighted by Gasteiger charge is -2.21. The Morgan fingerprint density at radius 1 is 1.21 bits per heavy atom. The Morgan fingerprint density at radius 3 is 2.32 bits per heavy atom. The van der Waals surface area contributed by atoms with Crippen LogP contribution in [-0.2, 0) is 12.8 Å². The number of benzene rings is 1. The van der Waals surface area contributed by atoms with Gasteiger partial charge in [-0.15, -0.1) is 0 Å². The summed E-state index contributed by atoms with van der Waals surface area (Å²) in [7, 11) is 0. The Balaban J connectivity index is 3.09. The van der Waals surface area contributed by atoms with E-state index in [1.165, 1.54) is 0 Å². The van der Waals surface area contributed by atoms with Gasteiger partial charge in [-0.05, 0) is 36.2 Å². The van der Waals surface area contributed by atoms with Crippen molar-refractivity contribution < 1.29 is 28.5 Å². The maximum atomic E-state index is 12.5. The Hall–Kier alpha value is -1.15. The van der Waals surface area contributed by atoms with Gasteiger partial charge < -0.3 is 21.1 Å². The fraction of sp³-hybridized carbons (Fsp3) is 0.500. The molecule has 4 nitrogen and oxygen atoms in total. The highest BCUT2D eigenvalue weighted by Gasteiger charge is 2.31. The molecule has 1 aromatic rings. The van der Waals surface area contributed by atoms with Crippen LogP contribution in [0.3, 0.4) is 0 Å². The predicted octanol–water partition coefficient (Wildman–Crippen LogP) is 0.941. The molecule has 0 bridgehead atoms. The van der Waals surface area contributed by atoms with Gasteiger partial charge in [0.1, 0.15) is 6.10 Å². The summed E-state index contributed by atoms with van der Waals surface area (Å²) in [4.78, 5) is 0. The quantitative estimate of drug-likeness (QED) is 0.646. The molecule has 5 N–H and O–H groups in total. The van der Waals surface area contributed by atoms with Crippen LogP contribution in [0.2, 0.25) is 0 Å². The molecule has 0 aliphatic heterocycles. The zero-order valence-electron chi connectivity index (χ0n) is 10.1.